The normalized spacial score (nSPS) is 13.8. The number of guanidine groups is 1. The van der Waals surface area contributed by atoms with Crippen LogP contribution >= 0.6 is 0 Å². The molecule has 1 aromatic carbocycles. The maximum absolute atomic E-state index is 5.79. The monoisotopic (exact) mass is 233 g/mol. The first-order valence-corrected chi connectivity index (χ1v) is 6.24. The highest BCUT2D eigenvalue weighted by Crippen LogP contribution is 2.19. The number of hydrogen-bond acceptors (Lipinski definition) is 1. The molecule has 0 amide bonds. The molecule has 17 heavy (non-hydrogen) atoms. The first-order chi connectivity index (χ1) is 8.13. The SMILES string of the molecule is CCC(CN=C(N)NC(C)C)c1ccccc1. The Bertz CT molecular complexity index is 344. The van der Waals surface area contributed by atoms with Gasteiger partial charge in [0.25, 0.3) is 0 Å². The Morgan fingerprint density at radius 2 is 1.94 bits per heavy atom. The molecule has 3 heteroatoms. The fourth-order valence-corrected chi connectivity index (χ4v) is 1.75. The average Bonchev–Trinajstić information content (AvgIpc) is 2.30. The molecular weight excluding hydrogens is 210 g/mol. The Morgan fingerprint density at radius 1 is 1.29 bits per heavy atom. The van der Waals surface area contributed by atoms with Gasteiger partial charge in [-0.3, -0.25) is 4.99 Å². The number of aliphatic imine (C=N–C) groups is 1. The van der Waals surface area contributed by atoms with E-state index in [4.69, 9.17) is 5.73 Å². The van der Waals surface area contributed by atoms with Crippen LogP contribution in [0.2, 0.25) is 0 Å². The van der Waals surface area contributed by atoms with Crippen LogP contribution in [0.4, 0.5) is 0 Å². The summed E-state index contributed by atoms with van der Waals surface area (Å²) in [5.41, 5.74) is 7.12. The molecular formula is C14H23N3. The summed E-state index contributed by atoms with van der Waals surface area (Å²) < 4.78 is 0. The molecule has 0 fully saturated rings. The molecule has 0 heterocycles. The maximum Gasteiger partial charge on any atom is 0.188 e. The van der Waals surface area contributed by atoms with Crippen molar-refractivity contribution in [2.75, 3.05) is 6.54 Å². The molecule has 0 saturated carbocycles. The van der Waals surface area contributed by atoms with E-state index < -0.39 is 0 Å². The lowest BCUT2D eigenvalue weighted by atomic mass is 9.97. The molecule has 0 aromatic heterocycles. The van der Waals surface area contributed by atoms with E-state index in [1.807, 2.05) is 6.07 Å². The van der Waals surface area contributed by atoms with Crippen molar-refractivity contribution in [2.45, 2.75) is 39.2 Å². The Kier molecular flexibility index (Phi) is 5.53. The van der Waals surface area contributed by atoms with Gasteiger partial charge in [-0.1, -0.05) is 37.3 Å². The minimum Gasteiger partial charge on any atom is -0.370 e. The molecule has 1 rings (SSSR count). The van der Waals surface area contributed by atoms with Crippen LogP contribution in [-0.2, 0) is 0 Å². The number of nitrogens with two attached hydrogens (primary N) is 1. The molecule has 0 saturated heterocycles. The van der Waals surface area contributed by atoms with Gasteiger partial charge in [0.05, 0.1) is 0 Å². The Balaban J connectivity index is 2.59. The molecule has 0 aliphatic rings. The van der Waals surface area contributed by atoms with Crippen LogP contribution in [0.5, 0.6) is 0 Å². The summed E-state index contributed by atoms with van der Waals surface area (Å²) in [4.78, 5) is 4.40. The van der Waals surface area contributed by atoms with Gasteiger partial charge in [-0.05, 0) is 25.8 Å². The van der Waals surface area contributed by atoms with E-state index in [1.165, 1.54) is 5.56 Å². The van der Waals surface area contributed by atoms with E-state index in [2.05, 4.69) is 55.3 Å². The van der Waals surface area contributed by atoms with E-state index in [-0.39, 0.29) is 0 Å². The van der Waals surface area contributed by atoms with Gasteiger partial charge in [0, 0.05) is 18.5 Å². The van der Waals surface area contributed by atoms with Crippen LogP contribution in [0.3, 0.4) is 0 Å². The lowest BCUT2D eigenvalue weighted by molar-refractivity contribution is 0.664. The largest absolute Gasteiger partial charge is 0.370 e. The minimum absolute atomic E-state index is 0.329. The number of rotatable bonds is 5. The predicted molar refractivity (Wildman–Crippen MR) is 74.2 cm³/mol. The fraction of sp³-hybridized carbons (Fsp3) is 0.500. The summed E-state index contributed by atoms with van der Waals surface area (Å²) in [5.74, 6) is 0.984. The predicted octanol–water partition coefficient (Wildman–Crippen LogP) is 2.49. The van der Waals surface area contributed by atoms with Crippen molar-refractivity contribution < 1.29 is 0 Å². The fourth-order valence-electron chi connectivity index (χ4n) is 1.75. The second-order valence-electron chi connectivity index (χ2n) is 4.54. The van der Waals surface area contributed by atoms with Crippen LogP contribution in [0.15, 0.2) is 35.3 Å². The number of nitrogens with one attached hydrogen (secondary N) is 1. The quantitative estimate of drug-likeness (QED) is 0.606. The smallest absolute Gasteiger partial charge is 0.188 e. The molecule has 1 atom stereocenters. The highest BCUT2D eigenvalue weighted by molar-refractivity contribution is 5.78. The van der Waals surface area contributed by atoms with Crippen molar-refractivity contribution in [1.29, 1.82) is 0 Å². The Labute approximate surface area is 104 Å². The zero-order valence-corrected chi connectivity index (χ0v) is 11.0. The summed E-state index contributed by atoms with van der Waals surface area (Å²) in [7, 11) is 0. The third-order valence-corrected chi connectivity index (χ3v) is 2.68. The van der Waals surface area contributed by atoms with Gasteiger partial charge in [0.2, 0.25) is 0 Å². The molecule has 0 bridgehead atoms. The van der Waals surface area contributed by atoms with Gasteiger partial charge < -0.3 is 11.1 Å². The standard InChI is InChI=1S/C14H23N3/c1-4-12(13-8-6-5-7-9-13)10-16-14(15)17-11(2)3/h5-9,11-12H,4,10H2,1-3H3,(H3,15,16,17). The zero-order valence-electron chi connectivity index (χ0n) is 11.0. The van der Waals surface area contributed by atoms with Crippen molar-refractivity contribution >= 4 is 5.96 Å². The van der Waals surface area contributed by atoms with E-state index in [9.17, 15) is 0 Å². The van der Waals surface area contributed by atoms with Gasteiger partial charge in [-0.25, -0.2) is 0 Å². The van der Waals surface area contributed by atoms with Crippen LogP contribution < -0.4 is 11.1 Å². The molecule has 1 unspecified atom stereocenters. The topological polar surface area (TPSA) is 50.4 Å². The van der Waals surface area contributed by atoms with Crippen molar-refractivity contribution in [3.8, 4) is 0 Å². The summed E-state index contributed by atoms with van der Waals surface area (Å²) >= 11 is 0. The van der Waals surface area contributed by atoms with E-state index in [1.54, 1.807) is 0 Å². The van der Waals surface area contributed by atoms with Crippen LogP contribution in [0.25, 0.3) is 0 Å². The van der Waals surface area contributed by atoms with E-state index in [0.717, 1.165) is 13.0 Å². The van der Waals surface area contributed by atoms with Crippen LogP contribution in [0.1, 0.15) is 38.7 Å². The average molecular weight is 233 g/mol. The van der Waals surface area contributed by atoms with E-state index in [0.29, 0.717) is 17.9 Å². The number of benzene rings is 1. The molecule has 0 aliphatic carbocycles. The Morgan fingerprint density at radius 3 is 2.47 bits per heavy atom. The van der Waals surface area contributed by atoms with Crippen molar-refractivity contribution in [1.82, 2.24) is 5.32 Å². The first kappa shape index (κ1) is 13.6. The lowest BCUT2D eigenvalue weighted by Gasteiger charge is -2.14. The van der Waals surface area contributed by atoms with Crippen molar-refractivity contribution in [3.05, 3.63) is 35.9 Å². The third kappa shape index (κ3) is 4.89. The second kappa shape index (κ2) is 6.94. The summed E-state index contributed by atoms with van der Waals surface area (Å²) in [6.07, 6.45) is 1.07. The van der Waals surface area contributed by atoms with Gasteiger partial charge in [0.15, 0.2) is 5.96 Å². The van der Waals surface area contributed by atoms with Gasteiger partial charge in [0.1, 0.15) is 0 Å². The van der Waals surface area contributed by atoms with Gasteiger partial charge in [-0.15, -0.1) is 0 Å². The van der Waals surface area contributed by atoms with Crippen molar-refractivity contribution in [2.24, 2.45) is 10.7 Å². The highest BCUT2D eigenvalue weighted by atomic mass is 15.1. The lowest BCUT2D eigenvalue weighted by Crippen LogP contribution is -2.37. The molecule has 1 aromatic rings. The zero-order chi connectivity index (χ0) is 12.7. The first-order valence-electron chi connectivity index (χ1n) is 6.24. The van der Waals surface area contributed by atoms with Crippen LogP contribution in [0, 0.1) is 0 Å². The minimum atomic E-state index is 0.329. The molecule has 0 radical (unpaired) electrons. The summed E-state index contributed by atoms with van der Waals surface area (Å²) in [5, 5.41) is 3.10. The number of hydrogen-bond donors (Lipinski definition) is 2. The van der Waals surface area contributed by atoms with E-state index >= 15 is 0 Å². The second-order valence-corrected chi connectivity index (χ2v) is 4.54. The maximum atomic E-state index is 5.79. The molecule has 0 spiro atoms. The summed E-state index contributed by atoms with van der Waals surface area (Å²) in [6.45, 7) is 7.03. The molecule has 3 nitrogen and oxygen atoms in total. The molecule has 3 N–H and O–H groups in total. The Hall–Kier alpha value is -1.51. The third-order valence-electron chi connectivity index (χ3n) is 2.68. The number of nitrogens with zero attached hydrogens (tertiary/aromatic N) is 1. The molecule has 0 aliphatic heterocycles. The molecule has 94 valence electrons. The van der Waals surface area contributed by atoms with Gasteiger partial charge in [-0.2, -0.15) is 0 Å². The van der Waals surface area contributed by atoms with Crippen LogP contribution in [-0.4, -0.2) is 18.5 Å². The highest BCUT2D eigenvalue weighted by Gasteiger charge is 2.08. The summed E-state index contributed by atoms with van der Waals surface area (Å²) in [6, 6.07) is 10.8. The van der Waals surface area contributed by atoms with Crippen molar-refractivity contribution in [3.63, 3.8) is 0 Å². The van der Waals surface area contributed by atoms with Gasteiger partial charge >= 0.3 is 0 Å².